The van der Waals surface area contributed by atoms with E-state index in [1.54, 1.807) is 0 Å². The van der Waals surface area contributed by atoms with Crippen molar-refractivity contribution in [2.75, 3.05) is 6.54 Å². The molecule has 2 heterocycles. The predicted molar refractivity (Wildman–Crippen MR) is 72.6 cm³/mol. The monoisotopic (exact) mass is 255 g/mol. The summed E-state index contributed by atoms with van der Waals surface area (Å²) in [5, 5.41) is 6.99. The number of aryl methyl sites for hydroxylation is 1. The molecule has 2 aromatic rings. The van der Waals surface area contributed by atoms with Crippen LogP contribution in [0.2, 0.25) is 0 Å². The number of nitrogens with zero attached hydrogens (tertiary/aromatic N) is 2. The van der Waals surface area contributed by atoms with Crippen molar-refractivity contribution in [2.24, 2.45) is 0 Å². The molecule has 1 aromatic carbocycles. The van der Waals surface area contributed by atoms with E-state index in [1.165, 1.54) is 11.1 Å². The van der Waals surface area contributed by atoms with Gasteiger partial charge in [-0.15, -0.1) is 0 Å². The van der Waals surface area contributed by atoms with Crippen LogP contribution < -0.4 is 0 Å². The van der Waals surface area contributed by atoms with E-state index < -0.39 is 0 Å². The normalized spacial score (nSPS) is 14.3. The Morgan fingerprint density at radius 3 is 2.89 bits per heavy atom. The van der Waals surface area contributed by atoms with Gasteiger partial charge in [-0.2, -0.15) is 5.10 Å². The number of nitrogens with one attached hydrogen (secondary N) is 1. The second-order valence-electron chi connectivity index (χ2n) is 5.05. The van der Waals surface area contributed by atoms with Gasteiger partial charge in [-0.3, -0.25) is 9.89 Å². The third kappa shape index (κ3) is 2.52. The molecule has 19 heavy (non-hydrogen) atoms. The van der Waals surface area contributed by atoms with E-state index in [9.17, 15) is 4.79 Å². The highest BCUT2D eigenvalue weighted by atomic mass is 16.2. The number of benzene rings is 1. The second-order valence-corrected chi connectivity index (χ2v) is 5.05. The van der Waals surface area contributed by atoms with Crippen LogP contribution in [0.1, 0.15) is 22.5 Å². The van der Waals surface area contributed by atoms with Gasteiger partial charge in [0, 0.05) is 18.8 Å². The Balaban J connectivity index is 1.69. The van der Waals surface area contributed by atoms with Gasteiger partial charge >= 0.3 is 0 Å². The highest BCUT2D eigenvalue weighted by molar-refractivity contribution is 5.78. The first-order chi connectivity index (χ1) is 9.22. The van der Waals surface area contributed by atoms with Crippen molar-refractivity contribution in [3.8, 4) is 0 Å². The second kappa shape index (κ2) is 4.88. The lowest BCUT2D eigenvalue weighted by molar-refractivity contribution is -0.131. The number of hydrogen-bond acceptors (Lipinski definition) is 2. The quantitative estimate of drug-likeness (QED) is 0.890. The zero-order valence-electron chi connectivity index (χ0n) is 11.0. The van der Waals surface area contributed by atoms with Crippen molar-refractivity contribution in [2.45, 2.75) is 26.3 Å². The van der Waals surface area contributed by atoms with Gasteiger partial charge in [0.1, 0.15) is 0 Å². The standard InChI is InChI=1S/C15H17N3O/c1-11-8-14(17-16-11)9-15(19)18-7-6-12-4-2-3-5-13(12)10-18/h2-5,8H,6-7,9-10H2,1H3,(H,16,17). The molecule has 1 aliphatic rings. The van der Waals surface area contributed by atoms with Crippen LogP contribution in [0.5, 0.6) is 0 Å². The summed E-state index contributed by atoms with van der Waals surface area (Å²) in [7, 11) is 0. The fourth-order valence-electron chi connectivity index (χ4n) is 2.54. The van der Waals surface area contributed by atoms with Gasteiger partial charge in [-0.25, -0.2) is 0 Å². The average Bonchev–Trinajstić information content (AvgIpc) is 2.83. The summed E-state index contributed by atoms with van der Waals surface area (Å²) in [6, 6.07) is 10.3. The van der Waals surface area contributed by atoms with E-state index in [4.69, 9.17) is 0 Å². The van der Waals surface area contributed by atoms with E-state index in [0.29, 0.717) is 6.42 Å². The van der Waals surface area contributed by atoms with Crippen molar-refractivity contribution < 1.29 is 4.79 Å². The number of aromatic nitrogens is 2. The topological polar surface area (TPSA) is 49.0 Å². The minimum absolute atomic E-state index is 0.154. The van der Waals surface area contributed by atoms with Crippen molar-refractivity contribution >= 4 is 5.91 Å². The maximum Gasteiger partial charge on any atom is 0.228 e. The van der Waals surface area contributed by atoms with Crippen LogP contribution in [0.3, 0.4) is 0 Å². The van der Waals surface area contributed by atoms with Crippen molar-refractivity contribution in [3.63, 3.8) is 0 Å². The van der Waals surface area contributed by atoms with Gasteiger partial charge < -0.3 is 4.90 Å². The summed E-state index contributed by atoms with van der Waals surface area (Å²) in [6.07, 6.45) is 1.33. The van der Waals surface area contributed by atoms with E-state index in [-0.39, 0.29) is 5.91 Å². The molecule has 0 aliphatic carbocycles. The van der Waals surface area contributed by atoms with Gasteiger partial charge in [0.15, 0.2) is 0 Å². The molecule has 4 heteroatoms. The lowest BCUT2D eigenvalue weighted by Crippen LogP contribution is -2.36. The van der Waals surface area contributed by atoms with Crippen LogP contribution in [0, 0.1) is 6.92 Å². The highest BCUT2D eigenvalue weighted by Crippen LogP contribution is 2.19. The molecule has 4 nitrogen and oxygen atoms in total. The van der Waals surface area contributed by atoms with Crippen LogP contribution in [-0.2, 0) is 24.2 Å². The molecule has 98 valence electrons. The predicted octanol–water partition coefficient (Wildman–Crippen LogP) is 1.85. The maximum absolute atomic E-state index is 12.3. The van der Waals surface area contributed by atoms with Crippen molar-refractivity contribution in [1.82, 2.24) is 15.1 Å². The first-order valence-electron chi connectivity index (χ1n) is 6.58. The van der Waals surface area contributed by atoms with Gasteiger partial charge in [0.05, 0.1) is 12.1 Å². The lowest BCUT2D eigenvalue weighted by atomic mass is 9.99. The molecule has 0 radical (unpaired) electrons. The number of H-pyrrole nitrogens is 1. The Kier molecular flexibility index (Phi) is 3.07. The summed E-state index contributed by atoms with van der Waals surface area (Å²) in [5.41, 5.74) is 4.44. The third-order valence-electron chi connectivity index (χ3n) is 3.57. The zero-order chi connectivity index (χ0) is 13.2. The smallest absolute Gasteiger partial charge is 0.228 e. The molecule has 0 unspecified atom stereocenters. The Hall–Kier alpha value is -2.10. The Bertz CT molecular complexity index is 603. The third-order valence-corrected chi connectivity index (χ3v) is 3.57. The number of rotatable bonds is 2. The van der Waals surface area contributed by atoms with Crippen LogP contribution in [0.25, 0.3) is 0 Å². The number of fused-ring (bicyclic) bond motifs is 1. The summed E-state index contributed by atoms with van der Waals surface area (Å²) >= 11 is 0. The molecular weight excluding hydrogens is 238 g/mol. The van der Waals surface area contributed by atoms with Crippen LogP contribution >= 0.6 is 0 Å². The van der Waals surface area contributed by atoms with Gasteiger partial charge in [-0.05, 0) is 30.5 Å². The number of hydrogen-bond donors (Lipinski definition) is 1. The lowest BCUT2D eigenvalue weighted by Gasteiger charge is -2.28. The number of amides is 1. The Morgan fingerprint density at radius 1 is 1.37 bits per heavy atom. The molecular formula is C15H17N3O. The maximum atomic E-state index is 12.3. The zero-order valence-corrected chi connectivity index (χ0v) is 11.0. The molecule has 1 aromatic heterocycles. The van der Waals surface area contributed by atoms with E-state index in [2.05, 4.69) is 28.4 Å². The molecule has 0 saturated heterocycles. The number of carbonyl (C=O) groups is 1. The number of carbonyl (C=O) groups excluding carboxylic acids is 1. The van der Waals surface area contributed by atoms with Crippen molar-refractivity contribution in [3.05, 3.63) is 52.8 Å². The van der Waals surface area contributed by atoms with Gasteiger partial charge in [0.2, 0.25) is 5.91 Å². The molecule has 0 saturated carbocycles. The fraction of sp³-hybridized carbons (Fsp3) is 0.333. The SMILES string of the molecule is Cc1cc(CC(=O)N2CCc3ccccc3C2)n[nH]1. The summed E-state index contributed by atoms with van der Waals surface area (Å²) < 4.78 is 0. The van der Waals surface area contributed by atoms with E-state index in [0.717, 1.165) is 30.9 Å². The van der Waals surface area contributed by atoms with Gasteiger partial charge in [0.25, 0.3) is 0 Å². The molecule has 1 aliphatic heterocycles. The molecule has 0 atom stereocenters. The minimum Gasteiger partial charge on any atom is -0.338 e. The molecule has 0 fully saturated rings. The van der Waals surface area contributed by atoms with E-state index >= 15 is 0 Å². The molecule has 3 rings (SSSR count). The largest absolute Gasteiger partial charge is 0.338 e. The fourth-order valence-corrected chi connectivity index (χ4v) is 2.54. The van der Waals surface area contributed by atoms with Crippen LogP contribution in [0.15, 0.2) is 30.3 Å². The molecule has 0 spiro atoms. The van der Waals surface area contributed by atoms with Crippen LogP contribution in [-0.4, -0.2) is 27.5 Å². The highest BCUT2D eigenvalue weighted by Gasteiger charge is 2.20. The summed E-state index contributed by atoms with van der Waals surface area (Å²) in [6.45, 7) is 3.47. The Morgan fingerprint density at radius 2 is 2.16 bits per heavy atom. The molecule has 0 bridgehead atoms. The number of aromatic amines is 1. The summed E-state index contributed by atoms with van der Waals surface area (Å²) in [4.78, 5) is 14.2. The summed E-state index contributed by atoms with van der Waals surface area (Å²) in [5.74, 6) is 0.154. The first kappa shape index (κ1) is 12.0. The van der Waals surface area contributed by atoms with Gasteiger partial charge in [-0.1, -0.05) is 24.3 Å². The molecule has 1 amide bonds. The molecule has 1 N–H and O–H groups in total. The minimum atomic E-state index is 0.154. The Labute approximate surface area is 112 Å². The van der Waals surface area contributed by atoms with E-state index in [1.807, 2.05) is 24.0 Å². The average molecular weight is 255 g/mol. The van der Waals surface area contributed by atoms with Crippen molar-refractivity contribution in [1.29, 1.82) is 0 Å². The van der Waals surface area contributed by atoms with Crippen LogP contribution in [0.4, 0.5) is 0 Å². The first-order valence-corrected chi connectivity index (χ1v) is 6.58.